The lowest BCUT2D eigenvalue weighted by Gasteiger charge is -2.18. The highest BCUT2D eigenvalue weighted by atomic mass is 35.5. The van der Waals surface area contributed by atoms with Crippen LogP contribution in [-0.2, 0) is 6.54 Å². The van der Waals surface area contributed by atoms with Crippen LogP contribution in [-0.4, -0.2) is 16.3 Å². The van der Waals surface area contributed by atoms with Crippen molar-refractivity contribution >= 4 is 23.2 Å². The predicted molar refractivity (Wildman–Crippen MR) is 84.3 cm³/mol. The zero-order valence-electron chi connectivity index (χ0n) is 11.5. The predicted octanol–water partition coefficient (Wildman–Crippen LogP) is 4.32. The molecule has 0 spiro atoms. The first-order chi connectivity index (χ1) is 9.70. The van der Waals surface area contributed by atoms with Crippen molar-refractivity contribution in [2.24, 2.45) is 0 Å². The van der Waals surface area contributed by atoms with E-state index in [-0.39, 0.29) is 0 Å². The van der Waals surface area contributed by atoms with Crippen LogP contribution in [0.3, 0.4) is 0 Å². The molecule has 0 bridgehead atoms. The first-order valence-electron chi connectivity index (χ1n) is 6.86. The molecule has 20 heavy (non-hydrogen) atoms. The van der Waals surface area contributed by atoms with Gasteiger partial charge < -0.3 is 5.32 Å². The molecule has 0 amide bonds. The Hall–Kier alpha value is -1.03. The van der Waals surface area contributed by atoms with Crippen molar-refractivity contribution < 1.29 is 0 Å². The van der Waals surface area contributed by atoms with Gasteiger partial charge in [0.15, 0.2) is 0 Å². The van der Waals surface area contributed by atoms with E-state index in [9.17, 15) is 0 Å². The minimum absolute atomic E-state index is 0.308. The maximum atomic E-state index is 6.07. The van der Waals surface area contributed by atoms with Crippen LogP contribution in [0.4, 0.5) is 0 Å². The van der Waals surface area contributed by atoms with E-state index in [4.69, 9.17) is 23.2 Å². The molecule has 0 saturated carbocycles. The van der Waals surface area contributed by atoms with Gasteiger partial charge in [-0.1, -0.05) is 36.2 Å². The van der Waals surface area contributed by atoms with Crippen molar-refractivity contribution in [1.29, 1.82) is 0 Å². The van der Waals surface area contributed by atoms with Gasteiger partial charge >= 0.3 is 0 Å². The van der Waals surface area contributed by atoms with Crippen LogP contribution < -0.4 is 5.32 Å². The largest absolute Gasteiger partial charge is 0.310 e. The second-order valence-corrected chi connectivity index (χ2v) is 5.53. The van der Waals surface area contributed by atoms with Gasteiger partial charge in [0.2, 0.25) is 0 Å². The standard InChI is InChI=1S/C15H19Cl2N3/c1-2-15(12-5-6-13(16)14(17)11-12)18-7-3-9-20-10-4-8-19-20/h4-6,8,10-11,15,18H,2-3,7,9H2,1H3. The molecule has 1 heterocycles. The number of benzene rings is 1. The van der Waals surface area contributed by atoms with Crippen molar-refractivity contribution in [2.45, 2.75) is 32.4 Å². The summed E-state index contributed by atoms with van der Waals surface area (Å²) in [7, 11) is 0. The van der Waals surface area contributed by atoms with Gasteiger partial charge in [0.25, 0.3) is 0 Å². The number of aromatic nitrogens is 2. The zero-order chi connectivity index (χ0) is 14.4. The van der Waals surface area contributed by atoms with E-state index >= 15 is 0 Å². The molecular weight excluding hydrogens is 293 g/mol. The molecule has 0 radical (unpaired) electrons. The van der Waals surface area contributed by atoms with E-state index in [1.165, 1.54) is 5.56 Å². The van der Waals surface area contributed by atoms with Gasteiger partial charge in [0, 0.05) is 25.0 Å². The normalized spacial score (nSPS) is 12.6. The highest BCUT2D eigenvalue weighted by molar-refractivity contribution is 6.42. The third kappa shape index (κ3) is 4.23. The van der Waals surface area contributed by atoms with Crippen LogP contribution in [0.25, 0.3) is 0 Å². The molecule has 1 aromatic heterocycles. The van der Waals surface area contributed by atoms with Crippen molar-refractivity contribution in [3.63, 3.8) is 0 Å². The van der Waals surface area contributed by atoms with Gasteiger partial charge in [-0.05, 0) is 43.1 Å². The minimum Gasteiger partial charge on any atom is -0.310 e. The molecule has 1 unspecified atom stereocenters. The molecule has 0 aliphatic heterocycles. The third-order valence-electron chi connectivity index (χ3n) is 3.27. The summed E-state index contributed by atoms with van der Waals surface area (Å²) in [5.74, 6) is 0. The van der Waals surface area contributed by atoms with Crippen molar-refractivity contribution in [3.05, 3.63) is 52.3 Å². The number of nitrogens with zero attached hydrogens (tertiary/aromatic N) is 2. The summed E-state index contributed by atoms with van der Waals surface area (Å²) in [6.45, 7) is 4.03. The minimum atomic E-state index is 0.308. The van der Waals surface area contributed by atoms with Crippen LogP contribution in [0.2, 0.25) is 10.0 Å². The Morgan fingerprint density at radius 1 is 1.30 bits per heavy atom. The van der Waals surface area contributed by atoms with Crippen molar-refractivity contribution in [2.75, 3.05) is 6.54 Å². The highest BCUT2D eigenvalue weighted by Crippen LogP contribution is 2.26. The van der Waals surface area contributed by atoms with E-state index < -0.39 is 0 Å². The monoisotopic (exact) mass is 311 g/mol. The second kappa shape index (κ2) is 7.67. The van der Waals surface area contributed by atoms with E-state index in [1.807, 2.05) is 35.1 Å². The number of hydrogen-bond acceptors (Lipinski definition) is 2. The Morgan fingerprint density at radius 2 is 2.15 bits per heavy atom. The maximum absolute atomic E-state index is 6.07. The molecule has 0 saturated heterocycles. The van der Waals surface area contributed by atoms with Crippen LogP contribution in [0.1, 0.15) is 31.4 Å². The molecule has 2 rings (SSSR count). The third-order valence-corrected chi connectivity index (χ3v) is 4.01. The molecule has 1 aromatic carbocycles. The number of aryl methyl sites for hydroxylation is 1. The second-order valence-electron chi connectivity index (χ2n) is 4.71. The molecule has 1 N–H and O–H groups in total. The summed E-state index contributed by atoms with van der Waals surface area (Å²) < 4.78 is 1.95. The fourth-order valence-corrected chi connectivity index (χ4v) is 2.48. The fraction of sp³-hybridized carbons (Fsp3) is 0.400. The lowest BCUT2D eigenvalue weighted by Crippen LogP contribution is -2.23. The van der Waals surface area contributed by atoms with Crippen molar-refractivity contribution in [3.8, 4) is 0 Å². The molecule has 3 nitrogen and oxygen atoms in total. The van der Waals surface area contributed by atoms with E-state index in [1.54, 1.807) is 6.20 Å². The summed E-state index contributed by atoms with van der Waals surface area (Å²) in [4.78, 5) is 0. The Kier molecular flexibility index (Phi) is 5.89. The molecule has 0 aliphatic carbocycles. The first kappa shape index (κ1) is 15.4. The lowest BCUT2D eigenvalue weighted by atomic mass is 10.0. The summed E-state index contributed by atoms with van der Waals surface area (Å²) in [5.41, 5.74) is 1.18. The number of hydrogen-bond donors (Lipinski definition) is 1. The highest BCUT2D eigenvalue weighted by Gasteiger charge is 2.10. The number of halogens is 2. The number of nitrogens with one attached hydrogen (secondary N) is 1. The van der Waals surface area contributed by atoms with Crippen LogP contribution in [0.5, 0.6) is 0 Å². The summed E-state index contributed by atoms with van der Waals surface area (Å²) >= 11 is 12.0. The molecule has 1 atom stereocenters. The quantitative estimate of drug-likeness (QED) is 0.772. The SMILES string of the molecule is CCC(NCCCn1cccn1)c1ccc(Cl)c(Cl)c1. The van der Waals surface area contributed by atoms with Gasteiger partial charge in [0.05, 0.1) is 10.0 Å². The Labute approximate surface area is 129 Å². The Morgan fingerprint density at radius 3 is 2.80 bits per heavy atom. The Balaban J connectivity index is 1.84. The van der Waals surface area contributed by atoms with Crippen LogP contribution >= 0.6 is 23.2 Å². The number of rotatable bonds is 7. The topological polar surface area (TPSA) is 29.9 Å². The summed E-state index contributed by atoms with van der Waals surface area (Å²) in [6, 6.07) is 8.08. The van der Waals surface area contributed by atoms with Crippen LogP contribution in [0.15, 0.2) is 36.7 Å². The van der Waals surface area contributed by atoms with Crippen molar-refractivity contribution in [1.82, 2.24) is 15.1 Å². The summed E-state index contributed by atoms with van der Waals surface area (Å²) in [5, 5.41) is 8.95. The van der Waals surface area contributed by atoms with Crippen LogP contribution in [0, 0.1) is 0 Å². The van der Waals surface area contributed by atoms with Gasteiger partial charge in [-0.25, -0.2) is 0 Å². The lowest BCUT2D eigenvalue weighted by molar-refractivity contribution is 0.479. The van der Waals surface area contributed by atoms with Gasteiger partial charge in [-0.2, -0.15) is 5.10 Å². The van der Waals surface area contributed by atoms with E-state index in [0.29, 0.717) is 16.1 Å². The Bertz CT molecular complexity index is 526. The molecule has 108 valence electrons. The van der Waals surface area contributed by atoms with Gasteiger partial charge in [-0.3, -0.25) is 4.68 Å². The fourth-order valence-electron chi connectivity index (χ4n) is 2.18. The maximum Gasteiger partial charge on any atom is 0.0595 e. The van der Waals surface area contributed by atoms with Gasteiger partial charge in [0.1, 0.15) is 0 Å². The molecular formula is C15H19Cl2N3. The molecule has 0 fully saturated rings. The molecule has 0 aliphatic rings. The zero-order valence-corrected chi connectivity index (χ0v) is 13.0. The average Bonchev–Trinajstić information content (AvgIpc) is 2.95. The molecule has 2 aromatic rings. The molecule has 5 heteroatoms. The summed E-state index contributed by atoms with van der Waals surface area (Å²) in [6.07, 6.45) is 5.84. The smallest absolute Gasteiger partial charge is 0.0595 e. The first-order valence-corrected chi connectivity index (χ1v) is 7.62. The average molecular weight is 312 g/mol. The van der Waals surface area contributed by atoms with Gasteiger partial charge in [-0.15, -0.1) is 0 Å². The van der Waals surface area contributed by atoms with E-state index in [2.05, 4.69) is 17.3 Å². The van der Waals surface area contributed by atoms with E-state index in [0.717, 1.165) is 25.9 Å².